The van der Waals surface area contributed by atoms with E-state index in [1.54, 1.807) is 29.3 Å². The van der Waals surface area contributed by atoms with Gasteiger partial charge in [0.25, 0.3) is 0 Å². The van der Waals surface area contributed by atoms with Crippen LogP contribution < -0.4 is 5.01 Å². The molecule has 0 amide bonds. The minimum absolute atomic E-state index is 0.215. The van der Waals surface area contributed by atoms with Crippen molar-refractivity contribution in [1.29, 1.82) is 0 Å². The summed E-state index contributed by atoms with van der Waals surface area (Å²) in [6.45, 7) is 0. The number of nitrogens with zero attached hydrogens (tertiary/aromatic N) is 2. The van der Waals surface area contributed by atoms with Crippen LogP contribution in [0.25, 0.3) is 0 Å². The first-order valence-corrected chi connectivity index (χ1v) is 8.51. The van der Waals surface area contributed by atoms with E-state index in [1.807, 2.05) is 0 Å². The first-order chi connectivity index (χ1) is 9.50. The first-order valence-electron chi connectivity index (χ1n) is 6.61. The highest BCUT2D eigenvalue weighted by molar-refractivity contribution is 7.90. The maximum Gasteiger partial charge on any atom is 0.177 e. The van der Waals surface area contributed by atoms with Crippen molar-refractivity contribution in [3.8, 4) is 0 Å². The highest BCUT2D eigenvalue weighted by Crippen LogP contribution is 2.38. The monoisotopic (exact) mass is 292 g/mol. The first kappa shape index (κ1) is 13.3. The SMILES string of the molecule is CS(=O)(=O)c1ccccc1N1N=C(C2CC2)CC1C=O. The molecule has 1 atom stereocenters. The van der Waals surface area contributed by atoms with Crippen molar-refractivity contribution in [3.63, 3.8) is 0 Å². The molecule has 1 fully saturated rings. The van der Waals surface area contributed by atoms with E-state index in [1.165, 1.54) is 6.26 Å². The van der Waals surface area contributed by atoms with Gasteiger partial charge in [-0.3, -0.25) is 5.01 Å². The van der Waals surface area contributed by atoms with Gasteiger partial charge in [-0.1, -0.05) is 12.1 Å². The van der Waals surface area contributed by atoms with Crippen LogP contribution in [0.15, 0.2) is 34.3 Å². The Morgan fingerprint density at radius 1 is 1.30 bits per heavy atom. The highest BCUT2D eigenvalue weighted by Gasteiger charge is 2.37. The van der Waals surface area contributed by atoms with Crippen molar-refractivity contribution in [1.82, 2.24) is 0 Å². The molecule has 3 rings (SSSR count). The van der Waals surface area contributed by atoms with Crippen molar-refractivity contribution in [2.45, 2.75) is 30.2 Å². The topological polar surface area (TPSA) is 66.8 Å². The molecule has 0 spiro atoms. The lowest BCUT2D eigenvalue weighted by molar-refractivity contribution is -0.108. The summed E-state index contributed by atoms with van der Waals surface area (Å²) in [6, 6.07) is 6.30. The van der Waals surface area contributed by atoms with Gasteiger partial charge in [0, 0.05) is 18.4 Å². The molecule has 1 unspecified atom stereocenters. The Labute approximate surface area is 118 Å². The Morgan fingerprint density at radius 2 is 2.00 bits per heavy atom. The molecule has 0 aromatic heterocycles. The van der Waals surface area contributed by atoms with Crippen LogP contribution in [0.2, 0.25) is 0 Å². The third kappa shape index (κ3) is 2.35. The Balaban J connectivity index is 2.05. The van der Waals surface area contributed by atoms with Crippen LogP contribution in [0, 0.1) is 5.92 Å². The molecule has 0 N–H and O–H groups in total. The number of anilines is 1. The number of rotatable bonds is 4. The van der Waals surface area contributed by atoms with Crippen LogP contribution in [0.4, 0.5) is 5.69 Å². The fourth-order valence-corrected chi connectivity index (χ4v) is 3.38. The lowest BCUT2D eigenvalue weighted by atomic mass is 10.1. The second-order valence-electron chi connectivity index (χ2n) is 5.36. The van der Waals surface area contributed by atoms with Crippen LogP contribution >= 0.6 is 0 Å². The Kier molecular flexibility index (Phi) is 3.12. The van der Waals surface area contributed by atoms with Crippen molar-refractivity contribution < 1.29 is 13.2 Å². The number of hydrogen-bond donors (Lipinski definition) is 0. The number of aldehydes is 1. The molecule has 1 aromatic carbocycles. The van der Waals surface area contributed by atoms with Crippen LogP contribution in [-0.4, -0.2) is 32.7 Å². The normalized spacial score (nSPS) is 22.8. The molecule has 1 aliphatic carbocycles. The summed E-state index contributed by atoms with van der Waals surface area (Å²) in [5, 5.41) is 6.07. The second-order valence-corrected chi connectivity index (χ2v) is 7.34. The molecular formula is C14H16N2O3S. The molecule has 0 saturated heterocycles. The largest absolute Gasteiger partial charge is 0.301 e. The zero-order valence-corrected chi connectivity index (χ0v) is 12.0. The summed E-state index contributed by atoms with van der Waals surface area (Å²) >= 11 is 0. The lowest BCUT2D eigenvalue weighted by Crippen LogP contribution is -2.28. The number of hydrazone groups is 1. The third-order valence-electron chi connectivity index (χ3n) is 3.69. The van der Waals surface area contributed by atoms with Gasteiger partial charge in [-0.05, 0) is 30.9 Å². The molecule has 0 bridgehead atoms. The average molecular weight is 292 g/mol. The zero-order valence-electron chi connectivity index (χ0n) is 11.2. The van der Waals surface area contributed by atoms with Crippen LogP contribution in [0.5, 0.6) is 0 Å². The van der Waals surface area contributed by atoms with Gasteiger partial charge in [0.1, 0.15) is 12.3 Å². The average Bonchev–Trinajstić information content (AvgIpc) is 3.17. The summed E-state index contributed by atoms with van der Waals surface area (Å²) in [5.74, 6) is 0.479. The molecule has 20 heavy (non-hydrogen) atoms. The van der Waals surface area contributed by atoms with Gasteiger partial charge in [-0.2, -0.15) is 5.10 Å². The molecule has 6 heteroatoms. The van der Waals surface area contributed by atoms with Gasteiger partial charge in [0.2, 0.25) is 0 Å². The molecule has 106 valence electrons. The van der Waals surface area contributed by atoms with E-state index >= 15 is 0 Å². The maximum atomic E-state index is 11.9. The Morgan fingerprint density at radius 3 is 2.60 bits per heavy atom. The minimum atomic E-state index is -3.35. The third-order valence-corrected chi connectivity index (χ3v) is 4.83. The fourth-order valence-electron chi connectivity index (χ4n) is 2.52. The Bertz CT molecular complexity index is 677. The molecule has 1 heterocycles. The van der Waals surface area contributed by atoms with E-state index in [2.05, 4.69) is 5.10 Å². The predicted octanol–water partition coefficient (Wildman–Crippen LogP) is 1.63. The standard InChI is InChI=1S/C14H16N2O3S/c1-20(18,19)14-5-3-2-4-13(14)16-11(9-17)8-12(15-16)10-6-7-10/h2-5,9-11H,6-8H2,1H3. The zero-order chi connectivity index (χ0) is 14.3. The molecule has 5 nitrogen and oxygen atoms in total. The van der Waals surface area contributed by atoms with Crippen molar-refractivity contribution in [2.24, 2.45) is 11.0 Å². The molecule has 2 aliphatic rings. The summed E-state index contributed by atoms with van der Waals surface area (Å²) in [4.78, 5) is 11.5. The number of para-hydroxylation sites is 1. The van der Waals surface area contributed by atoms with Crippen molar-refractivity contribution in [3.05, 3.63) is 24.3 Å². The minimum Gasteiger partial charge on any atom is -0.301 e. The summed E-state index contributed by atoms with van der Waals surface area (Å²) < 4.78 is 23.7. The second kappa shape index (κ2) is 4.70. The maximum absolute atomic E-state index is 11.9. The summed E-state index contributed by atoms with van der Waals surface area (Å²) in [6.07, 6.45) is 4.85. The number of carbonyl (C=O) groups excluding carboxylic acids is 1. The number of sulfone groups is 1. The summed E-state index contributed by atoms with van der Waals surface area (Å²) in [7, 11) is -3.35. The quantitative estimate of drug-likeness (QED) is 0.791. The number of benzene rings is 1. The van der Waals surface area contributed by atoms with E-state index in [0.717, 1.165) is 24.8 Å². The van der Waals surface area contributed by atoms with E-state index in [4.69, 9.17) is 0 Å². The van der Waals surface area contributed by atoms with Crippen LogP contribution in [0.1, 0.15) is 19.3 Å². The van der Waals surface area contributed by atoms with Gasteiger partial charge < -0.3 is 4.79 Å². The number of carbonyl (C=O) groups is 1. The fraction of sp³-hybridized carbons (Fsp3) is 0.429. The summed E-state index contributed by atoms with van der Waals surface area (Å²) in [5.41, 5.74) is 1.51. The Hall–Kier alpha value is -1.69. The van der Waals surface area contributed by atoms with E-state index in [0.29, 0.717) is 18.0 Å². The van der Waals surface area contributed by atoms with Crippen LogP contribution in [0.3, 0.4) is 0 Å². The van der Waals surface area contributed by atoms with Crippen LogP contribution in [-0.2, 0) is 14.6 Å². The molecule has 1 aromatic rings. The van der Waals surface area contributed by atoms with Gasteiger partial charge >= 0.3 is 0 Å². The highest BCUT2D eigenvalue weighted by atomic mass is 32.2. The molecule has 1 saturated carbocycles. The van der Waals surface area contributed by atoms with Crippen molar-refractivity contribution >= 4 is 27.5 Å². The van der Waals surface area contributed by atoms with Crippen molar-refractivity contribution in [2.75, 3.05) is 11.3 Å². The van der Waals surface area contributed by atoms with Gasteiger partial charge in [0.05, 0.1) is 10.6 Å². The number of hydrogen-bond acceptors (Lipinski definition) is 5. The van der Waals surface area contributed by atoms with Gasteiger partial charge in [0.15, 0.2) is 9.84 Å². The van der Waals surface area contributed by atoms with E-state index < -0.39 is 15.9 Å². The molecule has 0 radical (unpaired) electrons. The molecule has 1 aliphatic heterocycles. The van der Waals surface area contributed by atoms with E-state index in [9.17, 15) is 13.2 Å². The lowest BCUT2D eigenvalue weighted by Gasteiger charge is -2.21. The van der Waals surface area contributed by atoms with Gasteiger partial charge in [-0.25, -0.2) is 8.42 Å². The van der Waals surface area contributed by atoms with E-state index in [-0.39, 0.29) is 4.90 Å². The smallest absolute Gasteiger partial charge is 0.177 e. The van der Waals surface area contributed by atoms with Gasteiger partial charge in [-0.15, -0.1) is 0 Å². The molecular weight excluding hydrogens is 276 g/mol. The predicted molar refractivity (Wildman–Crippen MR) is 76.7 cm³/mol.